The quantitative estimate of drug-likeness (QED) is 0.413. The van der Waals surface area contributed by atoms with E-state index in [1.807, 2.05) is 54.6 Å². The largest absolute Gasteiger partial charge is 0.468 e. The van der Waals surface area contributed by atoms with E-state index in [1.54, 1.807) is 0 Å². The Hall–Kier alpha value is -1.95. The highest BCUT2D eigenvalue weighted by Gasteiger charge is 2.54. The monoisotopic (exact) mass is 432 g/mol. The molecule has 0 amide bonds. The molecule has 0 heterocycles. The normalized spacial score (nSPS) is 21.1. The van der Waals surface area contributed by atoms with E-state index in [0.717, 1.165) is 25.8 Å². The number of carbonyl (C=O) groups is 2. The van der Waals surface area contributed by atoms with Crippen LogP contribution < -0.4 is 0 Å². The minimum atomic E-state index is -1.27. The fraction of sp³-hybridized carbons (Fsp3) is 0.200. The number of esters is 1. The first-order valence-corrected chi connectivity index (χ1v) is 8.73. The Morgan fingerprint density at radius 2 is 1.67 bits per heavy atom. The second kappa shape index (κ2) is 6.51. The maximum atomic E-state index is 12.7. The van der Waals surface area contributed by atoms with Crippen molar-refractivity contribution in [1.82, 2.24) is 0 Å². The molecular weight excluding hydrogens is 415 g/mol. The van der Waals surface area contributed by atoms with Gasteiger partial charge < -0.3 is 4.74 Å². The van der Waals surface area contributed by atoms with Crippen LogP contribution in [0.3, 0.4) is 0 Å². The molecule has 2 aromatic rings. The van der Waals surface area contributed by atoms with Gasteiger partial charge in [0, 0.05) is 10.0 Å². The Kier molecular flexibility index (Phi) is 4.58. The van der Waals surface area contributed by atoms with Gasteiger partial charge in [0.15, 0.2) is 11.2 Å². The molecule has 1 aliphatic rings. The van der Waals surface area contributed by atoms with Gasteiger partial charge in [0.2, 0.25) is 0 Å². The Labute approximate surface area is 154 Å². The van der Waals surface area contributed by atoms with Gasteiger partial charge in [0.05, 0.1) is 7.11 Å². The third-order valence-electron chi connectivity index (χ3n) is 4.55. The van der Waals surface area contributed by atoms with E-state index in [9.17, 15) is 9.59 Å². The molecule has 3 rings (SSSR count). The van der Waals surface area contributed by atoms with Crippen molar-refractivity contribution in [1.29, 1.82) is 0 Å². The summed E-state index contributed by atoms with van der Waals surface area (Å²) >= 11 is 2.23. The van der Waals surface area contributed by atoms with Gasteiger partial charge in [-0.25, -0.2) is 0 Å². The zero-order chi connectivity index (χ0) is 17.3. The molecule has 1 atom stereocenters. The number of ketones is 1. The van der Waals surface area contributed by atoms with Gasteiger partial charge in [-0.15, -0.1) is 0 Å². The van der Waals surface area contributed by atoms with Crippen LogP contribution in [0, 0.1) is 5.41 Å². The molecule has 0 N–H and O–H groups in total. The van der Waals surface area contributed by atoms with Crippen LogP contribution in [-0.2, 0) is 20.7 Å². The number of halogens is 1. The van der Waals surface area contributed by atoms with Crippen molar-refractivity contribution in [3.8, 4) is 0 Å². The van der Waals surface area contributed by atoms with E-state index >= 15 is 0 Å². The van der Waals surface area contributed by atoms with Crippen molar-refractivity contribution < 1.29 is 14.3 Å². The molecule has 0 aromatic heterocycles. The second-order valence-electron chi connectivity index (χ2n) is 5.84. The number of ether oxygens (including phenoxy) is 1. The van der Waals surface area contributed by atoms with E-state index in [0.29, 0.717) is 6.42 Å². The third-order valence-corrected chi connectivity index (χ3v) is 5.71. The van der Waals surface area contributed by atoms with Crippen LogP contribution in [0.15, 0.2) is 54.6 Å². The van der Waals surface area contributed by atoms with Crippen LogP contribution in [0.1, 0.15) is 23.6 Å². The molecule has 0 saturated carbocycles. The minimum absolute atomic E-state index is 0.189. The van der Waals surface area contributed by atoms with Crippen LogP contribution in [0.5, 0.6) is 0 Å². The smallest absolute Gasteiger partial charge is 0.324 e. The molecule has 2 aromatic carbocycles. The zero-order valence-corrected chi connectivity index (χ0v) is 15.7. The summed E-state index contributed by atoms with van der Waals surface area (Å²) in [6.07, 6.45) is 0.347. The molecule has 122 valence electrons. The standard InChI is InChI=1S/C20H17IO3/c1-13(22)20(19(23)24-2)12-15-10-6-7-11-16(15)17(20)18(21)14-8-4-3-5-9-14/h3-11H,12H2,1-2H3/b18-17+. The predicted molar refractivity (Wildman–Crippen MR) is 103 cm³/mol. The van der Waals surface area contributed by atoms with Gasteiger partial charge in [-0.05, 0) is 51.8 Å². The molecule has 0 aliphatic heterocycles. The van der Waals surface area contributed by atoms with E-state index in [1.165, 1.54) is 14.0 Å². The highest BCUT2D eigenvalue weighted by atomic mass is 127. The summed E-state index contributed by atoms with van der Waals surface area (Å²) in [6.45, 7) is 1.47. The fourth-order valence-corrected chi connectivity index (χ4v) is 4.46. The summed E-state index contributed by atoms with van der Waals surface area (Å²) in [5.74, 6) is -0.683. The summed E-state index contributed by atoms with van der Waals surface area (Å²) in [5.41, 5.74) is 2.42. The SMILES string of the molecule is COC(=O)C1(C(C)=O)Cc2ccccc2/C1=C(\I)c1ccccc1. The van der Waals surface area contributed by atoms with Crippen molar-refractivity contribution in [2.24, 2.45) is 5.41 Å². The minimum Gasteiger partial charge on any atom is -0.468 e. The van der Waals surface area contributed by atoms with E-state index < -0.39 is 11.4 Å². The van der Waals surface area contributed by atoms with Crippen molar-refractivity contribution in [2.45, 2.75) is 13.3 Å². The second-order valence-corrected chi connectivity index (χ2v) is 6.92. The van der Waals surface area contributed by atoms with Crippen LogP contribution in [0.4, 0.5) is 0 Å². The lowest BCUT2D eigenvalue weighted by atomic mass is 9.76. The fourth-order valence-electron chi connectivity index (χ4n) is 3.35. The molecular formula is C20H17IO3. The van der Waals surface area contributed by atoms with Gasteiger partial charge >= 0.3 is 5.97 Å². The van der Waals surface area contributed by atoms with Gasteiger partial charge in [-0.2, -0.15) is 0 Å². The molecule has 0 bridgehead atoms. The summed E-state index contributed by atoms with van der Waals surface area (Å²) in [7, 11) is 1.34. The van der Waals surface area contributed by atoms with Gasteiger partial charge in [0.1, 0.15) is 0 Å². The van der Waals surface area contributed by atoms with Crippen molar-refractivity contribution in [3.05, 3.63) is 71.3 Å². The Morgan fingerprint density at radius 1 is 1.04 bits per heavy atom. The van der Waals surface area contributed by atoms with Crippen molar-refractivity contribution >= 4 is 43.5 Å². The van der Waals surface area contributed by atoms with Crippen LogP contribution in [0.2, 0.25) is 0 Å². The first kappa shape index (κ1) is 16.9. The van der Waals surface area contributed by atoms with E-state index in [4.69, 9.17) is 4.74 Å². The first-order chi connectivity index (χ1) is 11.5. The van der Waals surface area contributed by atoms with Gasteiger partial charge in [0.25, 0.3) is 0 Å². The van der Waals surface area contributed by atoms with Crippen LogP contribution in [0.25, 0.3) is 9.15 Å². The van der Waals surface area contributed by atoms with Crippen LogP contribution >= 0.6 is 22.6 Å². The average molecular weight is 432 g/mol. The molecule has 1 unspecified atom stereocenters. The molecule has 0 saturated heterocycles. The average Bonchev–Trinajstić information content (AvgIpc) is 2.97. The van der Waals surface area contributed by atoms with Crippen molar-refractivity contribution in [3.63, 3.8) is 0 Å². The Bertz CT molecular complexity index is 839. The summed E-state index contributed by atoms with van der Waals surface area (Å²) < 4.78 is 5.95. The number of benzene rings is 2. The number of rotatable bonds is 3. The Balaban J connectivity index is 2.36. The number of carbonyl (C=O) groups excluding carboxylic acids is 2. The molecule has 1 aliphatic carbocycles. The lowest BCUT2D eigenvalue weighted by molar-refractivity contribution is -0.152. The molecule has 4 heteroatoms. The number of hydrogen-bond acceptors (Lipinski definition) is 3. The maximum Gasteiger partial charge on any atom is 0.324 e. The van der Waals surface area contributed by atoms with Crippen molar-refractivity contribution in [2.75, 3.05) is 7.11 Å². The summed E-state index contributed by atoms with van der Waals surface area (Å²) in [6, 6.07) is 17.6. The highest BCUT2D eigenvalue weighted by molar-refractivity contribution is 14.1. The van der Waals surface area contributed by atoms with Gasteiger partial charge in [-0.1, -0.05) is 54.6 Å². The van der Waals surface area contributed by atoms with Gasteiger partial charge in [-0.3, -0.25) is 9.59 Å². The number of methoxy groups -OCH3 is 1. The molecule has 0 fully saturated rings. The number of hydrogen-bond donors (Lipinski definition) is 0. The summed E-state index contributed by atoms with van der Waals surface area (Å²) in [5, 5.41) is 0. The zero-order valence-electron chi connectivity index (χ0n) is 13.5. The molecule has 24 heavy (non-hydrogen) atoms. The number of Topliss-reactive ketones (excluding diaryl/α,β-unsaturated/α-hetero) is 1. The predicted octanol–water partition coefficient (Wildman–Crippen LogP) is 4.29. The summed E-state index contributed by atoms with van der Waals surface area (Å²) in [4.78, 5) is 25.4. The molecule has 0 spiro atoms. The highest BCUT2D eigenvalue weighted by Crippen LogP contribution is 2.52. The molecule has 3 nitrogen and oxygen atoms in total. The number of fused-ring (bicyclic) bond motifs is 1. The topological polar surface area (TPSA) is 43.4 Å². The maximum absolute atomic E-state index is 12.7. The lowest BCUT2D eigenvalue weighted by Gasteiger charge is -2.26. The Morgan fingerprint density at radius 3 is 2.29 bits per heavy atom. The third kappa shape index (κ3) is 2.49. The lowest BCUT2D eigenvalue weighted by Crippen LogP contribution is -2.39. The van der Waals surface area contributed by atoms with E-state index in [-0.39, 0.29) is 5.78 Å². The van der Waals surface area contributed by atoms with Crippen LogP contribution in [-0.4, -0.2) is 18.9 Å². The molecule has 0 radical (unpaired) electrons. The van der Waals surface area contributed by atoms with E-state index in [2.05, 4.69) is 22.6 Å². The first-order valence-electron chi connectivity index (χ1n) is 7.65.